The number of amides is 1. The van der Waals surface area contributed by atoms with Gasteiger partial charge in [0.1, 0.15) is 12.3 Å². The Balaban J connectivity index is 1.24. The van der Waals surface area contributed by atoms with E-state index >= 15 is 0 Å². The molecule has 1 aliphatic heterocycles. The smallest absolute Gasteiger partial charge is 0.223 e. The van der Waals surface area contributed by atoms with Gasteiger partial charge < -0.3 is 14.5 Å². The predicted octanol–water partition coefficient (Wildman–Crippen LogP) is 2.16. The number of carbonyl (C=O) groups is 1. The summed E-state index contributed by atoms with van der Waals surface area (Å²) in [5, 5.41) is 1.05. The summed E-state index contributed by atoms with van der Waals surface area (Å²) >= 11 is 1.70. The van der Waals surface area contributed by atoms with Crippen molar-refractivity contribution in [2.45, 2.75) is 19.4 Å². The lowest BCUT2D eigenvalue weighted by Gasteiger charge is -2.32. The summed E-state index contributed by atoms with van der Waals surface area (Å²) in [7, 11) is 1.69. The fourth-order valence-electron chi connectivity index (χ4n) is 3.68. The van der Waals surface area contributed by atoms with Gasteiger partial charge in [-0.2, -0.15) is 0 Å². The number of nitrogens with zero attached hydrogens (tertiary/aromatic N) is 2. The summed E-state index contributed by atoms with van der Waals surface area (Å²) in [6, 6.07) is 16.4. The Morgan fingerprint density at radius 1 is 1.14 bits per heavy atom. The zero-order valence-corrected chi connectivity index (χ0v) is 17.0. The first-order valence-corrected chi connectivity index (χ1v) is 10.6. The number of nitrogens with one attached hydrogen (secondary N) is 1. The molecule has 1 N–H and O–H groups in total. The van der Waals surface area contributed by atoms with Gasteiger partial charge in [-0.15, -0.1) is 11.3 Å². The van der Waals surface area contributed by atoms with Crippen molar-refractivity contribution in [3.63, 3.8) is 0 Å². The van der Waals surface area contributed by atoms with Crippen molar-refractivity contribution in [1.82, 2.24) is 9.88 Å². The lowest BCUT2D eigenvalue weighted by atomic mass is 10.2. The highest BCUT2D eigenvalue weighted by Gasteiger charge is 2.23. The van der Waals surface area contributed by atoms with Crippen LogP contribution in [0.25, 0.3) is 10.2 Å². The maximum absolute atomic E-state index is 12.6. The lowest BCUT2D eigenvalue weighted by molar-refractivity contribution is -0.917. The molecule has 28 heavy (non-hydrogen) atoms. The van der Waals surface area contributed by atoms with Crippen molar-refractivity contribution in [3.8, 4) is 5.75 Å². The summed E-state index contributed by atoms with van der Waals surface area (Å²) in [6.45, 7) is 4.67. The number of benzene rings is 2. The minimum absolute atomic E-state index is 0.253. The van der Waals surface area contributed by atoms with Crippen molar-refractivity contribution in [2.24, 2.45) is 0 Å². The van der Waals surface area contributed by atoms with E-state index in [4.69, 9.17) is 4.74 Å². The van der Waals surface area contributed by atoms with Crippen molar-refractivity contribution in [3.05, 3.63) is 59.1 Å². The maximum atomic E-state index is 12.6. The van der Waals surface area contributed by atoms with Crippen LogP contribution in [0.2, 0.25) is 0 Å². The summed E-state index contributed by atoms with van der Waals surface area (Å²) in [5.41, 5.74) is 2.34. The largest absolute Gasteiger partial charge is 0.497 e. The van der Waals surface area contributed by atoms with E-state index in [1.807, 2.05) is 35.2 Å². The molecule has 4 rings (SSSR count). The van der Waals surface area contributed by atoms with E-state index in [0.29, 0.717) is 6.42 Å². The minimum Gasteiger partial charge on any atom is -0.497 e. The highest BCUT2D eigenvalue weighted by Crippen LogP contribution is 2.22. The van der Waals surface area contributed by atoms with Gasteiger partial charge in [-0.1, -0.05) is 12.1 Å². The number of quaternary nitrogens is 1. The van der Waals surface area contributed by atoms with Crippen LogP contribution in [-0.4, -0.2) is 49.1 Å². The Bertz CT molecular complexity index is 897. The number of aryl methyl sites for hydroxylation is 1. The Morgan fingerprint density at radius 2 is 1.89 bits per heavy atom. The van der Waals surface area contributed by atoms with Crippen LogP contribution in [0.3, 0.4) is 0 Å². The molecule has 0 radical (unpaired) electrons. The van der Waals surface area contributed by atoms with Crippen molar-refractivity contribution >= 4 is 27.5 Å². The number of ether oxygens (including phenoxy) is 1. The summed E-state index contributed by atoms with van der Waals surface area (Å²) in [6.07, 6.45) is 1.28. The van der Waals surface area contributed by atoms with Gasteiger partial charge >= 0.3 is 0 Å². The topological polar surface area (TPSA) is 46.9 Å². The molecule has 0 aliphatic carbocycles. The van der Waals surface area contributed by atoms with Crippen LogP contribution in [0.5, 0.6) is 5.75 Å². The van der Waals surface area contributed by atoms with Crippen LogP contribution in [0, 0.1) is 0 Å². The number of methoxy groups -OCH3 is 1. The third kappa shape index (κ3) is 4.51. The van der Waals surface area contributed by atoms with Crippen molar-refractivity contribution in [1.29, 1.82) is 0 Å². The standard InChI is InChI=1S/C22H25N3O2S/c1-27-18-8-6-17(7-9-18)16-24-12-14-25(15-13-24)22(26)11-10-21-23-19-4-2-3-5-20(19)28-21/h2-9H,10-16H2,1H3/p+1. The summed E-state index contributed by atoms with van der Waals surface area (Å²) < 4.78 is 6.41. The van der Waals surface area contributed by atoms with Gasteiger partial charge in [0.2, 0.25) is 5.91 Å². The molecule has 3 aromatic rings. The number of aromatic nitrogens is 1. The van der Waals surface area contributed by atoms with E-state index in [1.165, 1.54) is 15.2 Å². The molecular weight excluding hydrogens is 370 g/mol. The van der Waals surface area contributed by atoms with Gasteiger partial charge in [0.15, 0.2) is 0 Å². The SMILES string of the molecule is COc1ccc(C[NH+]2CCN(C(=O)CCc3nc4ccccc4s3)CC2)cc1. The Hall–Kier alpha value is -2.44. The Kier molecular flexibility index (Phi) is 5.88. The molecule has 1 aromatic heterocycles. The molecule has 5 nitrogen and oxygen atoms in total. The molecular formula is C22H26N3O2S+. The zero-order chi connectivity index (χ0) is 19.3. The van der Waals surface area contributed by atoms with Crippen LogP contribution in [0.4, 0.5) is 0 Å². The van der Waals surface area contributed by atoms with Gasteiger partial charge in [-0.05, 0) is 36.4 Å². The van der Waals surface area contributed by atoms with Gasteiger partial charge in [0.05, 0.1) is 48.5 Å². The fourth-order valence-corrected chi connectivity index (χ4v) is 4.65. The Morgan fingerprint density at radius 3 is 2.61 bits per heavy atom. The minimum atomic E-state index is 0.253. The fraction of sp³-hybridized carbons (Fsp3) is 0.364. The van der Waals surface area contributed by atoms with E-state index in [2.05, 4.69) is 23.2 Å². The highest BCUT2D eigenvalue weighted by atomic mass is 32.1. The average Bonchev–Trinajstić information content (AvgIpc) is 3.16. The van der Waals surface area contributed by atoms with Crippen molar-refractivity contribution < 1.29 is 14.4 Å². The van der Waals surface area contributed by atoms with E-state index in [0.717, 1.165) is 55.4 Å². The Labute approximate surface area is 169 Å². The molecule has 2 heterocycles. The predicted molar refractivity (Wildman–Crippen MR) is 112 cm³/mol. The third-order valence-electron chi connectivity index (χ3n) is 5.33. The van der Waals surface area contributed by atoms with Crippen LogP contribution in [0.15, 0.2) is 48.5 Å². The van der Waals surface area contributed by atoms with E-state index < -0.39 is 0 Å². The van der Waals surface area contributed by atoms with Crippen LogP contribution < -0.4 is 9.64 Å². The van der Waals surface area contributed by atoms with Crippen molar-refractivity contribution in [2.75, 3.05) is 33.3 Å². The average molecular weight is 397 g/mol. The third-order valence-corrected chi connectivity index (χ3v) is 6.42. The summed E-state index contributed by atoms with van der Waals surface area (Å²) in [5.74, 6) is 1.14. The first-order valence-electron chi connectivity index (χ1n) is 9.80. The van der Waals surface area contributed by atoms with Gasteiger partial charge in [-0.3, -0.25) is 4.79 Å². The van der Waals surface area contributed by atoms with Gasteiger partial charge in [-0.25, -0.2) is 4.98 Å². The molecule has 6 heteroatoms. The molecule has 0 saturated carbocycles. The van der Waals surface area contributed by atoms with E-state index in [9.17, 15) is 4.79 Å². The van der Waals surface area contributed by atoms with Crippen LogP contribution in [-0.2, 0) is 17.8 Å². The molecule has 1 amide bonds. The highest BCUT2D eigenvalue weighted by molar-refractivity contribution is 7.18. The van der Waals surface area contributed by atoms with Crippen LogP contribution >= 0.6 is 11.3 Å². The van der Waals surface area contributed by atoms with E-state index in [1.54, 1.807) is 18.4 Å². The molecule has 1 fully saturated rings. The number of rotatable bonds is 6. The number of para-hydroxylation sites is 1. The maximum Gasteiger partial charge on any atom is 0.223 e. The number of fused-ring (bicyclic) bond motifs is 1. The first-order chi connectivity index (χ1) is 13.7. The number of thiazole rings is 1. The second-order valence-electron chi connectivity index (χ2n) is 7.23. The number of carbonyl (C=O) groups excluding carboxylic acids is 1. The van der Waals surface area contributed by atoms with E-state index in [-0.39, 0.29) is 5.91 Å². The molecule has 2 aromatic carbocycles. The normalized spacial score (nSPS) is 15.1. The molecule has 1 saturated heterocycles. The van der Waals surface area contributed by atoms with Gasteiger partial charge in [0.25, 0.3) is 0 Å². The monoisotopic (exact) mass is 396 g/mol. The molecule has 0 atom stereocenters. The molecule has 1 aliphatic rings. The number of hydrogen-bond acceptors (Lipinski definition) is 4. The molecule has 0 unspecified atom stereocenters. The molecule has 146 valence electrons. The van der Waals surface area contributed by atoms with Gasteiger partial charge in [0, 0.05) is 18.4 Å². The quantitative estimate of drug-likeness (QED) is 0.695. The van der Waals surface area contributed by atoms with Crippen LogP contribution in [0.1, 0.15) is 17.0 Å². The second-order valence-corrected chi connectivity index (χ2v) is 8.35. The second kappa shape index (κ2) is 8.71. The number of hydrogen-bond donors (Lipinski definition) is 1. The summed E-state index contributed by atoms with van der Waals surface area (Å²) in [4.78, 5) is 20.8. The number of piperazine rings is 1. The molecule has 0 spiro atoms. The zero-order valence-electron chi connectivity index (χ0n) is 16.2. The first kappa shape index (κ1) is 18.9. The molecule has 0 bridgehead atoms. The lowest BCUT2D eigenvalue weighted by Crippen LogP contribution is -3.13.